The van der Waals surface area contributed by atoms with Crippen molar-refractivity contribution in [3.8, 4) is 11.5 Å². The molecule has 0 aliphatic carbocycles. The summed E-state index contributed by atoms with van der Waals surface area (Å²) < 4.78 is 6.89. The molecule has 7 nitrogen and oxygen atoms in total. The molecule has 0 radical (unpaired) electrons. The number of carbonyl (C=O) groups is 1. The second-order valence-electron chi connectivity index (χ2n) is 6.49. The highest BCUT2D eigenvalue weighted by Gasteiger charge is 2.12. The number of phenolic OH excluding ortho intramolecular Hbond substituents is 1. The molecule has 1 aromatic heterocycles. The fourth-order valence-electron chi connectivity index (χ4n) is 2.94. The van der Waals surface area contributed by atoms with Crippen LogP contribution in [0.15, 0.2) is 60.9 Å². The molecule has 2 N–H and O–H groups in total. The zero-order valence-electron chi connectivity index (χ0n) is 16.0. The lowest BCUT2D eigenvalue weighted by atomic mass is 10.1. The van der Waals surface area contributed by atoms with Crippen LogP contribution in [-0.4, -0.2) is 40.0 Å². The monoisotopic (exact) mass is 380 g/mol. The lowest BCUT2D eigenvalue weighted by molar-refractivity contribution is 0.206. The number of benzene rings is 2. The first-order valence-electron chi connectivity index (χ1n) is 8.96. The Balaban J connectivity index is 1.58. The van der Waals surface area contributed by atoms with Gasteiger partial charge >= 0.3 is 6.03 Å². The van der Waals surface area contributed by atoms with Crippen LogP contribution < -0.4 is 10.1 Å². The van der Waals surface area contributed by atoms with Crippen LogP contribution in [0, 0.1) is 0 Å². The van der Waals surface area contributed by atoms with Gasteiger partial charge in [0.2, 0.25) is 0 Å². The highest BCUT2D eigenvalue weighted by Crippen LogP contribution is 2.26. The molecule has 0 fully saturated rings. The van der Waals surface area contributed by atoms with E-state index >= 15 is 0 Å². The number of aromatic hydroxyl groups is 1. The smallest absolute Gasteiger partial charge is 0.317 e. The van der Waals surface area contributed by atoms with E-state index in [0.717, 1.165) is 16.7 Å². The van der Waals surface area contributed by atoms with Crippen molar-refractivity contribution in [2.24, 2.45) is 0 Å². The number of ether oxygens (including phenoxy) is 1. The molecule has 2 aromatic carbocycles. The van der Waals surface area contributed by atoms with Gasteiger partial charge in [0, 0.05) is 32.5 Å². The third-order valence-electron chi connectivity index (χ3n) is 4.45. The maximum atomic E-state index is 12.5. The Kier molecular flexibility index (Phi) is 6.16. The quantitative estimate of drug-likeness (QED) is 0.660. The van der Waals surface area contributed by atoms with Gasteiger partial charge in [-0.3, -0.25) is 4.68 Å². The van der Waals surface area contributed by atoms with Gasteiger partial charge in [-0.1, -0.05) is 30.3 Å². The molecule has 0 aliphatic heterocycles. The molecule has 1 heterocycles. The predicted octanol–water partition coefficient (Wildman–Crippen LogP) is 2.99. The summed E-state index contributed by atoms with van der Waals surface area (Å²) in [7, 11) is 3.21. The molecule has 3 rings (SSSR count). The first kappa shape index (κ1) is 19.3. The molecule has 7 heteroatoms. The van der Waals surface area contributed by atoms with E-state index in [9.17, 15) is 9.90 Å². The second-order valence-corrected chi connectivity index (χ2v) is 6.49. The van der Waals surface area contributed by atoms with E-state index in [2.05, 4.69) is 10.4 Å². The van der Waals surface area contributed by atoms with Gasteiger partial charge in [-0.2, -0.15) is 5.10 Å². The van der Waals surface area contributed by atoms with Gasteiger partial charge in [-0.25, -0.2) is 4.79 Å². The number of amides is 2. The van der Waals surface area contributed by atoms with Gasteiger partial charge in [-0.15, -0.1) is 0 Å². The lowest BCUT2D eigenvalue weighted by Crippen LogP contribution is -2.36. The number of hydrogen-bond donors (Lipinski definition) is 2. The summed E-state index contributed by atoms with van der Waals surface area (Å²) >= 11 is 0. The minimum absolute atomic E-state index is 0.0568. The molecule has 0 spiro atoms. The summed E-state index contributed by atoms with van der Waals surface area (Å²) in [5.74, 6) is 0.464. The molecular weight excluding hydrogens is 356 g/mol. The van der Waals surface area contributed by atoms with Crippen LogP contribution in [0.5, 0.6) is 11.5 Å². The van der Waals surface area contributed by atoms with Gasteiger partial charge in [0.25, 0.3) is 0 Å². The molecule has 0 aliphatic rings. The van der Waals surface area contributed by atoms with E-state index in [1.54, 1.807) is 30.3 Å². The van der Waals surface area contributed by atoms with Crippen molar-refractivity contribution in [1.29, 1.82) is 0 Å². The number of methoxy groups -OCH3 is 1. The molecule has 0 bridgehead atoms. The van der Waals surface area contributed by atoms with Crippen molar-refractivity contribution in [3.63, 3.8) is 0 Å². The van der Waals surface area contributed by atoms with Gasteiger partial charge in [-0.05, 0) is 34.9 Å². The predicted molar refractivity (Wildman–Crippen MR) is 106 cm³/mol. The zero-order valence-corrected chi connectivity index (χ0v) is 16.0. The lowest BCUT2D eigenvalue weighted by Gasteiger charge is -2.19. The average Bonchev–Trinajstić information content (AvgIpc) is 3.20. The number of hydrogen-bond acceptors (Lipinski definition) is 4. The third-order valence-corrected chi connectivity index (χ3v) is 4.45. The van der Waals surface area contributed by atoms with Crippen LogP contribution in [0.4, 0.5) is 4.79 Å². The fourth-order valence-corrected chi connectivity index (χ4v) is 2.94. The Labute approximate surface area is 164 Å². The molecular formula is C21H24N4O3. The Morgan fingerprint density at radius 2 is 2.00 bits per heavy atom. The summed E-state index contributed by atoms with van der Waals surface area (Å²) in [6.07, 6.45) is 3.66. The number of nitrogens with one attached hydrogen (secondary N) is 1. The molecule has 0 saturated carbocycles. The Morgan fingerprint density at radius 3 is 2.68 bits per heavy atom. The van der Waals surface area contributed by atoms with Gasteiger partial charge in [0.15, 0.2) is 11.5 Å². The zero-order chi connectivity index (χ0) is 19.9. The summed E-state index contributed by atoms with van der Waals surface area (Å²) in [6, 6.07) is 14.8. The van der Waals surface area contributed by atoms with Crippen LogP contribution in [0.25, 0.3) is 0 Å². The largest absolute Gasteiger partial charge is 0.504 e. The van der Waals surface area contributed by atoms with Crippen LogP contribution in [0.2, 0.25) is 0 Å². The van der Waals surface area contributed by atoms with Crippen molar-refractivity contribution in [1.82, 2.24) is 20.0 Å². The number of rotatable bonds is 7. The SMILES string of the molecule is COc1ccc(CN(C)C(=O)NCc2ccccc2Cn2cccn2)cc1O. The maximum absolute atomic E-state index is 12.5. The highest BCUT2D eigenvalue weighted by atomic mass is 16.5. The minimum Gasteiger partial charge on any atom is -0.504 e. The topological polar surface area (TPSA) is 79.6 Å². The summed E-state index contributed by atoms with van der Waals surface area (Å²) in [4.78, 5) is 14.0. The van der Waals surface area contributed by atoms with Gasteiger partial charge in [0.05, 0.1) is 13.7 Å². The highest BCUT2D eigenvalue weighted by molar-refractivity contribution is 5.74. The maximum Gasteiger partial charge on any atom is 0.317 e. The molecule has 28 heavy (non-hydrogen) atoms. The van der Waals surface area contributed by atoms with Crippen LogP contribution >= 0.6 is 0 Å². The number of carbonyl (C=O) groups excluding carboxylic acids is 1. The minimum atomic E-state index is -0.191. The van der Waals surface area contributed by atoms with Crippen LogP contribution in [0.3, 0.4) is 0 Å². The average molecular weight is 380 g/mol. The van der Waals surface area contributed by atoms with E-state index in [-0.39, 0.29) is 11.8 Å². The Hall–Kier alpha value is -3.48. The molecule has 3 aromatic rings. The van der Waals surface area contributed by atoms with Crippen LogP contribution in [-0.2, 0) is 19.6 Å². The van der Waals surface area contributed by atoms with Gasteiger partial charge in [0.1, 0.15) is 0 Å². The normalized spacial score (nSPS) is 10.5. The van der Waals surface area contributed by atoms with Crippen molar-refractivity contribution in [2.45, 2.75) is 19.6 Å². The standard InChI is InChI=1S/C21H24N4O3/c1-24(14-16-8-9-20(28-2)19(26)12-16)21(27)22-13-17-6-3-4-7-18(17)15-25-11-5-10-23-25/h3-12,26H,13-15H2,1-2H3,(H,22,27). The van der Waals surface area contributed by atoms with E-state index in [1.807, 2.05) is 47.3 Å². The van der Waals surface area contributed by atoms with Crippen molar-refractivity contribution in [2.75, 3.05) is 14.2 Å². The second kappa shape index (κ2) is 8.94. The molecule has 0 saturated heterocycles. The molecule has 0 atom stereocenters. The number of aromatic nitrogens is 2. The molecule has 146 valence electrons. The van der Waals surface area contributed by atoms with E-state index in [4.69, 9.17) is 4.74 Å². The van der Waals surface area contributed by atoms with Crippen molar-refractivity contribution in [3.05, 3.63) is 77.6 Å². The fraction of sp³-hybridized carbons (Fsp3) is 0.238. The first-order valence-corrected chi connectivity index (χ1v) is 8.96. The Morgan fingerprint density at radius 1 is 1.21 bits per heavy atom. The third kappa shape index (κ3) is 4.82. The number of nitrogens with zero attached hydrogens (tertiary/aromatic N) is 3. The first-order chi connectivity index (χ1) is 13.6. The van der Waals surface area contributed by atoms with E-state index in [1.165, 1.54) is 7.11 Å². The summed E-state index contributed by atoms with van der Waals surface area (Å²) in [5.41, 5.74) is 2.96. The molecule has 2 amide bonds. The van der Waals surface area contributed by atoms with Crippen LogP contribution in [0.1, 0.15) is 16.7 Å². The summed E-state index contributed by atoms with van der Waals surface area (Å²) in [6.45, 7) is 1.45. The van der Waals surface area contributed by atoms with Crippen molar-refractivity contribution < 1.29 is 14.6 Å². The Bertz CT molecular complexity index is 925. The summed E-state index contributed by atoms with van der Waals surface area (Å²) in [5, 5.41) is 17.1. The van der Waals surface area contributed by atoms with Crippen molar-refractivity contribution >= 4 is 6.03 Å². The van der Waals surface area contributed by atoms with E-state index in [0.29, 0.717) is 25.4 Å². The number of phenols is 1. The number of urea groups is 1. The van der Waals surface area contributed by atoms with E-state index < -0.39 is 0 Å². The van der Waals surface area contributed by atoms with Gasteiger partial charge < -0.3 is 20.1 Å². The molecule has 0 unspecified atom stereocenters.